The van der Waals surface area contributed by atoms with Gasteiger partial charge in [-0.1, -0.05) is 75.7 Å². The maximum absolute atomic E-state index is 2.42. The normalized spacial score (nSPS) is 25.6. The lowest BCUT2D eigenvalue weighted by Gasteiger charge is -2.01. The zero-order chi connectivity index (χ0) is 14.1. The van der Waals surface area contributed by atoms with Crippen LogP contribution < -0.4 is 0 Å². The molecule has 1 rings (SSSR count). The molecule has 116 valence electrons. The summed E-state index contributed by atoms with van der Waals surface area (Å²) in [7, 11) is 0. The Bertz CT molecular complexity index is 212. The summed E-state index contributed by atoms with van der Waals surface area (Å²) in [6.45, 7) is 0. The maximum atomic E-state index is 2.42. The first kappa shape index (κ1) is 17.5. The monoisotopic (exact) mass is 276 g/mol. The van der Waals surface area contributed by atoms with Crippen LogP contribution in [0.2, 0.25) is 0 Å². The average Bonchev–Trinajstić information content (AvgIpc) is 2.46. The predicted octanol–water partition coefficient (Wildman–Crippen LogP) is 7.35. The molecule has 0 unspecified atom stereocenters. The molecule has 0 saturated heterocycles. The highest BCUT2D eigenvalue weighted by molar-refractivity contribution is 4.82. The Morgan fingerprint density at radius 3 is 0.700 bits per heavy atom. The molecule has 0 atom stereocenters. The fourth-order valence-electron chi connectivity index (χ4n) is 2.93. The van der Waals surface area contributed by atoms with Crippen LogP contribution in [0, 0.1) is 0 Å². The number of hydrogen-bond donors (Lipinski definition) is 0. The zero-order valence-corrected chi connectivity index (χ0v) is 13.6. The van der Waals surface area contributed by atoms with E-state index in [1.165, 1.54) is 103 Å². The van der Waals surface area contributed by atoms with Gasteiger partial charge in [-0.25, -0.2) is 0 Å². The Kier molecular flexibility index (Phi) is 13.0. The summed E-state index contributed by atoms with van der Waals surface area (Å²) in [4.78, 5) is 0. The smallest absolute Gasteiger partial charge is 0.0351 e. The van der Waals surface area contributed by atoms with Crippen LogP contribution in [-0.4, -0.2) is 0 Å². The van der Waals surface area contributed by atoms with Crippen molar-refractivity contribution in [3.05, 3.63) is 24.3 Å². The SMILES string of the molecule is C1=C/CCCCCCCCC/C=C/CCCCCCC/1. The van der Waals surface area contributed by atoms with Gasteiger partial charge in [-0.15, -0.1) is 0 Å². The van der Waals surface area contributed by atoms with Crippen molar-refractivity contribution in [1.82, 2.24) is 0 Å². The van der Waals surface area contributed by atoms with Gasteiger partial charge in [-0.2, -0.15) is 0 Å². The van der Waals surface area contributed by atoms with Crippen LogP contribution in [0.25, 0.3) is 0 Å². The molecule has 0 aromatic carbocycles. The Labute approximate surface area is 127 Å². The largest absolute Gasteiger partial charge is 0.0885 e. The van der Waals surface area contributed by atoms with E-state index in [4.69, 9.17) is 0 Å². The standard InChI is InChI=1S/C20H36/c1-2-4-6-8-10-12-14-16-18-20-19-17-15-13-11-9-7-5-3-1/h1-2,17,19H,3-16,18,20H2/b2-1+,19-17+. The Hall–Kier alpha value is -0.520. The topological polar surface area (TPSA) is 0 Å². The highest BCUT2D eigenvalue weighted by Gasteiger charge is 1.92. The minimum absolute atomic E-state index is 1.31. The van der Waals surface area contributed by atoms with Crippen molar-refractivity contribution >= 4 is 0 Å². The molecule has 1 aliphatic carbocycles. The van der Waals surface area contributed by atoms with Crippen LogP contribution in [0.5, 0.6) is 0 Å². The maximum Gasteiger partial charge on any atom is -0.0351 e. The second-order valence-corrected chi connectivity index (χ2v) is 6.34. The minimum Gasteiger partial charge on any atom is -0.0885 e. The molecule has 0 aliphatic heterocycles. The predicted molar refractivity (Wildman–Crippen MR) is 92.2 cm³/mol. The van der Waals surface area contributed by atoms with E-state index in [2.05, 4.69) is 24.3 Å². The molecule has 1 aliphatic rings. The first-order valence-electron chi connectivity index (χ1n) is 9.30. The molecule has 0 nitrogen and oxygen atoms in total. The van der Waals surface area contributed by atoms with Gasteiger partial charge >= 0.3 is 0 Å². The molecule has 0 heteroatoms. The van der Waals surface area contributed by atoms with Crippen LogP contribution in [0.15, 0.2) is 24.3 Å². The van der Waals surface area contributed by atoms with Gasteiger partial charge in [0.15, 0.2) is 0 Å². The molecule has 0 saturated carbocycles. The molecule has 0 aromatic rings. The van der Waals surface area contributed by atoms with E-state index in [9.17, 15) is 0 Å². The van der Waals surface area contributed by atoms with Gasteiger partial charge in [0, 0.05) is 0 Å². The van der Waals surface area contributed by atoms with Crippen molar-refractivity contribution < 1.29 is 0 Å². The molecule has 0 aromatic heterocycles. The van der Waals surface area contributed by atoms with Crippen molar-refractivity contribution in [3.63, 3.8) is 0 Å². The molecule has 0 amide bonds. The Morgan fingerprint density at radius 2 is 0.450 bits per heavy atom. The molecular formula is C20H36. The third-order valence-electron chi connectivity index (χ3n) is 4.32. The van der Waals surface area contributed by atoms with E-state index in [1.54, 1.807) is 0 Å². The summed E-state index contributed by atoms with van der Waals surface area (Å²) >= 11 is 0. The van der Waals surface area contributed by atoms with Crippen molar-refractivity contribution in [2.24, 2.45) is 0 Å². The number of rotatable bonds is 0. The summed E-state index contributed by atoms with van der Waals surface area (Å²) < 4.78 is 0. The van der Waals surface area contributed by atoms with Gasteiger partial charge in [-0.05, 0) is 51.4 Å². The summed E-state index contributed by atoms with van der Waals surface area (Å²) in [5, 5.41) is 0. The first-order valence-corrected chi connectivity index (χ1v) is 9.30. The number of hydrogen-bond acceptors (Lipinski definition) is 0. The van der Waals surface area contributed by atoms with Gasteiger partial charge in [-0.3, -0.25) is 0 Å². The summed E-state index contributed by atoms with van der Waals surface area (Å²) in [6.07, 6.45) is 32.0. The lowest BCUT2D eigenvalue weighted by Crippen LogP contribution is -1.81. The van der Waals surface area contributed by atoms with Gasteiger partial charge in [0.25, 0.3) is 0 Å². The fourth-order valence-corrected chi connectivity index (χ4v) is 2.93. The van der Waals surface area contributed by atoms with Crippen molar-refractivity contribution in [2.45, 2.75) is 103 Å². The van der Waals surface area contributed by atoms with Gasteiger partial charge in [0.2, 0.25) is 0 Å². The quantitative estimate of drug-likeness (QED) is 0.405. The zero-order valence-electron chi connectivity index (χ0n) is 13.6. The molecule has 20 heavy (non-hydrogen) atoms. The van der Waals surface area contributed by atoms with E-state index in [0.29, 0.717) is 0 Å². The van der Waals surface area contributed by atoms with E-state index >= 15 is 0 Å². The Balaban J connectivity index is 2.11. The lowest BCUT2D eigenvalue weighted by molar-refractivity contribution is 0.582. The fraction of sp³-hybridized carbons (Fsp3) is 0.800. The molecule has 0 fully saturated rings. The van der Waals surface area contributed by atoms with Crippen LogP contribution in [0.4, 0.5) is 0 Å². The summed E-state index contributed by atoms with van der Waals surface area (Å²) in [6, 6.07) is 0. The summed E-state index contributed by atoms with van der Waals surface area (Å²) in [5.74, 6) is 0. The van der Waals surface area contributed by atoms with Gasteiger partial charge < -0.3 is 0 Å². The van der Waals surface area contributed by atoms with E-state index in [0.717, 1.165) is 0 Å². The Morgan fingerprint density at radius 1 is 0.250 bits per heavy atom. The molecule has 0 bridgehead atoms. The van der Waals surface area contributed by atoms with Crippen molar-refractivity contribution in [3.8, 4) is 0 Å². The van der Waals surface area contributed by atoms with Crippen LogP contribution in [0.3, 0.4) is 0 Å². The van der Waals surface area contributed by atoms with Gasteiger partial charge in [0.05, 0.1) is 0 Å². The summed E-state index contributed by atoms with van der Waals surface area (Å²) in [5.41, 5.74) is 0. The van der Waals surface area contributed by atoms with Crippen molar-refractivity contribution in [1.29, 1.82) is 0 Å². The molecule has 0 spiro atoms. The number of allylic oxidation sites excluding steroid dienone is 4. The molecule has 0 heterocycles. The first-order chi connectivity index (χ1) is 10.0. The lowest BCUT2D eigenvalue weighted by atomic mass is 10.1. The molecular weight excluding hydrogens is 240 g/mol. The van der Waals surface area contributed by atoms with E-state index in [-0.39, 0.29) is 0 Å². The molecule has 0 radical (unpaired) electrons. The second-order valence-electron chi connectivity index (χ2n) is 6.34. The highest BCUT2D eigenvalue weighted by atomic mass is 14.0. The third kappa shape index (κ3) is 12.5. The molecule has 0 N–H and O–H groups in total. The van der Waals surface area contributed by atoms with Crippen molar-refractivity contribution in [2.75, 3.05) is 0 Å². The van der Waals surface area contributed by atoms with E-state index < -0.39 is 0 Å². The van der Waals surface area contributed by atoms with Gasteiger partial charge in [0.1, 0.15) is 0 Å². The second kappa shape index (κ2) is 14.9. The van der Waals surface area contributed by atoms with Crippen LogP contribution in [-0.2, 0) is 0 Å². The highest BCUT2D eigenvalue weighted by Crippen LogP contribution is 2.12. The minimum atomic E-state index is 1.31. The van der Waals surface area contributed by atoms with E-state index in [1.807, 2.05) is 0 Å². The average molecular weight is 277 g/mol. The third-order valence-corrected chi connectivity index (χ3v) is 4.32. The van der Waals surface area contributed by atoms with Crippen LogP contribution in [0.1, 0.15) is 103 Å². The van der Waals surface area contributed by atoms with Crippen LogP contribution >= 0.6 is 0 Å².